The van der Waals surface area contributed by atoms with Crippen molar-refractivity contribution in [2.45, 2.75) is 44.3 Å². The number of halogens is 4. The third kappa shape index (κ3) is 10.3. The first-order valence-corrected chi connectivity index (χ1v) is 15.4. The van der Waals surface area contributed by atoms with Gasteiger partial charge in [0.25, 0.3) is 5.91 Å². The number of alkyl halides is 3. The number of amides is 3. The van der Waals surface area contributed by atoms with Crippen LogP contribution < -0.4 is 31.3 Å². The molecule has 4 aromatic rings. The van der Waals surface area contributed by atoms with Crippen LogP contribution in [0.1, 0.15) is 47.4 Å². The van der Waals surface area contributed by atoms with Crippen LogP contribution in [0.5, 0.6) is 6.01 Å². The lowest BCUT2D eigenvalue weighted by molar-refractivity contribution is -0.154. The average molecular weight is 702 g/mol. The number of aromatic nitrogens is 4. The molecule has 0 bridgehead atoms. The molecule has 2 aromatic carbocycles. The van der Waals surface area contributed by atoms with E-state index in [1.807, 2.05) is 12.1 Å². The Morgan fingerprint density at radius 2 is 1.59 bits per heavy atom. The standard InChI is InChI=1S/C31H31ClF3N9O5/c1-18-16-23(44-49-18)39-26(47)25(46)37-15-3-2-14-36-24(45)19-4-10-22(11-5-19)38-27-40-28(42-29(41-27)48-17-31(33,34)35)43-30(12-13-30)20-6-8-21(32)9-7-20/h4-11,16H,2-3,12-15,17H2,1H3,(H,36,45)(H,37,46)(H,39,44,47)(H2,38,40,41,42,43). The summed E-state index contributed by atoms with van der Waals surface area (Å²) in [5.41, 5.74) is 1.21. The molecule has 1 aliphatic rings. The van der Waals surface area contributed by atoms with E-state index in [4.69, 9.17) is 20.9 Å². The van der Waals surface area contributed by atoms with Gasteiger partial charge in [-0.25, -0.2) is 0 Å². The number of benzene rings is 2. The minimum absolute atomic E-state index is 0.0163. The third-order valence-electron chi connectivity index (χ3n) is 7.13. The van der Waals surface area contributed by atoms with Crippen LogP contribution in [-0.2, 0) is 15.1 Å². The molecule has 2 heterocycles. The number of anilines is 4. The van der Waals surface area contributed by atoms with Crippen LogP contribution in [0.4, 0.5) is 36.6 Å². The van der Waals surface area contributed by atoms with Crippen LogP contribution in [0.25, 0.3) is 0 Å². The Morgan fingerprint density at radius 1 is 0.918 bits per heavy atom. The Bertz CT molecular complexity index is 1780. The fourth-order valence-corrected chi connectivity index (χ4v) is 4.67. The molecular weight excluding hydrogens is 671 g/mol. The summed E-state index contributed by atoms with van der Waals surface area (Å²) < 4.78 is 48.3. The molecule has 0 aliphatic heterocycles. The average Bonchev–Trinajstić information content (AvgIpc) is 3.72. The summed E-state index contributed by atoms with van der Waals surface area (Å²) in [5, 5.41) is 17.9. The molecule has 5 rings (SSSR count). The summed E-state index contributed by atoms with van der Waals surface area (Å²) in [6, 6.07) is 14.4. The number of carbonyl (C=O) groups is 3. The molecule has 0 unspecified atom stereocenters. The van der Waals surface area contributed by atoms with E-state index in [0.717, 1.165) is 18.4 Å². The number of nitrogens with one attached hydrogen (secondary N) is 5. The molecule has 2 aromatic heterocycles. The van der Waals surface area contributed by atoms with Crippen molar-refractivity contribution in [3.05, 3.63) is 76.5 Å². The number of ether oxygens (including phenoxy) is 1. The Morgan fingerprint density at radius 3 is 2.22 bits per heavy atom. The normalized spacial score (nSPS) is 13.2. The van der Waals surface area contributed by atoms with Crippen LogP contribution in [0.15, 0.2) is 59.1 Å². The molecule has 0 atom stereocenters. The zero-order valence-corrected chi connectivity index (χ0v) is 26.7. The third-order valence-corrected chi connectivity index (χ3v) is 7.38. The number of hydrogen-bond donors (Lipinski definition) is 5. The van der Waals surface area contributed by atoms with E-state index in [-0.39, 0.29) is 30.2 Å². The summed E-state index contributed by atoms with van der Waals surface area (Å²) in [6.07, 6.45) is -2.08. The fraction of sp³-hybridized carbons (Fsp3) is 0.323. The first-order chi connectivity index (χ1) is 23.4. The highest BCUT2D eigenvalue weighted by molar-refractivity contribution is 6.39. The molecule has 1 fully saturated rings. The highest BCUT2D eigenvalue weighted by Crippen LogP contribution is 2.48. The van der Waals surface area contributed by atoms with E-state index >= 15 is 0 Å². The number of aryl methyl sites for hydroxylation is 1. The minimum Gasteiger partial charge on any atom is -0.454 e. The highest BCUT2D eigenvalue weighted by atomic mass is 35.5. The molecule has 1 saturated carbocycles. The van der Waals surface area contributed by atoms with E-state index in [1.165, 1.54) is 6.07 Å². The van der Waals surface area contributed by atoms with Crippen LogP contribution in [-0.4, -0.2) is 63.7 Å². The van der Waals surface area contributed by atoms with Crippen molar-refractivity contribution in [1.82, 2.24) is 30.7 Å². The summed E-state index contributed by atoms with van der Waals surface area (Å²) in [5.74, 6) is -1.47. The van der Waals surface area contributed by atoms with Gasteiger partial charge in [0, 0.05) is 35.4 Å². The molecule has 0 saturated heterocycles. The Hall–Kier alpha value is -5.45. The van der Waals surface area contributed by atoms with E-state index < -0.39 is 36.1 Å². The fourth-order valence-electron chi connectivity index (χ4n) is 4.54. The van der Waals surface area contributed by atoms with E-state index in [9.17, 15) is 27.6 Å². The lowest BCUT2D eigenvalue weighted by Crippen LogP contribution is -2.36. The van der Waals surface area contributed by atoms with Crippen molar-refractivity contribution in [3.63, 3.8) is 0 Å². The Kier molecular flexibility index (Phi) is 10.8. The lowest BCUT2D eigenvalue weighted by Gasteiger charge is -2.19. The minimum atomic E-state index is -4.60. The maximum absolute atomic E-state index is 12.9. The highest BCUT2D eigenvalue weighted by Gasteiger charge is 2.45. The van der Waals surface area contributed by atoms with Crippen LogP contribution in [0, 0.1) is 6.92 Å². The number of hydrogen-bond acceptors (Lipinski definition) is 11. The molecular formula is C31H31ClF3N9O5. The van der Waals surface area contributed by atoms with Gasteiger partial charge in [-0.3, -0.25) is 19.7 Å². The lowest BCUT2D eigenvalue weighted by atomic mass is 10.1. The summed E-state index contributed by atoms with van der Waals surface area (Å²) >= 11 is 6.02. The van der Waals surface area contributed by atoms with Crippen molar-refractivity contribution < 1.29 is 36.8 Å². The molecule has 258 valence electrons. The monoisotopic (exact) mass is 701 g/mol. The van der Waals surface area contributed by atoms with E-state index in [2.05, 4.69) is 46.7 Å². The van der Waals surface area contributed by atoms with Gasteiger partial charge in [-0.15, -0.1) is 0 Å². The van der Waals surface area contributed by atoms with Gasteiger partial charge in [0.15, 0.2) is 12.4 Å². The summed E-state index contributed by atoms with van der Waals surface area (Å²) in [7, 11) is 0. The van der Waals surface area contributed by atoms with Gasteiger partial charge in [-0.2, -0.15) is 28.1 Å². The van der Waals surface area contributed by atoms with Gasteiger partial charge in [-0.1, -0.05) is 28.9 Å². The Labute approximate surface area is 282 Å². The van der Waals surface area contributed by atoms with Gasteiger partial charge in [0.2, 0.25) is 11.9 Å². The maximum Gasteiger partial charge on any atom is 0.422 e. The van der Waals surface area contributed by atoms with Crippen molar-refractivity contribution in [3.8, 4) is 6.01 Å². The topological polar surface area (TPSA) is 185 Å². The largest absolute Gasteiger partial charge is 0.454 e. The number of carbonyl (C=O) groups excluding carboxylic acids is 3. The van der Waals surface area contributed by atoms with E-state index in [1.54, 1.807) is 43.3 Å². The van der Waals surface area contributed by atoms with Gasteiger partial charge in [0.1, 0.15) is 5.76 Å². The number of unbranched alkanes of at least 4 members (excludes halogenated alkanes) is 1. The summed E-state index contributed by atoms with van der Waals surface area (Å²) in [4.78, 5) is 48.8. The summed E-state index contributed by atoms with van der Waals surface area (Å²) in [6.45, 7) is 0.603. The zero-order chi connectivity index (χ0) is 35.0. The number of nitrogens with zero attached hydrogens (tertiary/aromatic N) is 4. The van der Waals surface area contributed by atoms with Gasteiger partial charge in [0.05, 0.1) is 5.54 Å². The quantitative estimate of drug-likeness (QED) is 0.0892. The zero-order valence-electron chi connectivity index (χ0n) is 26.0. The van der Waals surface area contributed by atoms with Crippen molar-refractivity contribution in [1.29, 1.82) is 0 Å². The predicted molar refractivity (Wildman–Crippen MR) is 172 cm³/mol. The first kappa shape index (κ1) is 34.9. The van der Waals surface area contributed by atoms with Crippen LogP contribution >= 0.6 is 11.6 Å². The first-order valence-electron chi connectivity index (χ1n) is 15.1. The van der Waals surface area contributed by atoms with Crippen LogP contribution in [0.3, 0.4) is 0 Å². The van der Waals surface area contributed by atoms with Crippen molar-refractivity contribution in [2.75, 3.05) is 35.6 Å². The maximum atomic E-state index is 12.9. The molecule has 14 nitrogen and oxygen atoms in total. The van der Waals surface area contributed by atoms with E-state index in [0.29, 0.717) is 41.4 Å². The second-order valence-electron chi connectivity index (χ2n) is 11.1. The second kappa shape index (κ2) is 15.2. The van der Waals surface area contributed by atoms with Crippen LogP contribution in [0.2, 0.25) is 5.02 Å². The van der Waals surface area contributed by atoms with Gasteiger partial charge >= 0.3 is 24.0 Å². The Balaban J connectivity index is 1.11. The molecule has 5 N–H and O–H groups in total. The SMILES string of the molecule is Cc1cc(NC(=O)C(=O)NCCCCNC(=O)c2ccc(Nc3nc(NC4(c5ccc(Cl)cc5)CC4)nc(OCC(F)(F)F)n3)cc2)no1. The second-order valence-corrected chi connectivity index (χ2v) is 11.5. The number of rotatable bonds is 14. The smallest absolute Gasteiger partial charge is 0.422 e. The van der Waals surface area contributed by atoms with Crippen molar-refractivity contribution >= 4 is 52.7 Å². The molecule has 0 radical (unpaired) electrons. The molecule has 3 amide bonds. The van der Waals surface area contributed by atoms with Gasteiger partial charge in [-0.05, 0) is 74.6 Å². The predicted octanol–water partition coefficient (Wildman–Crippen LogP) is 4.87. The van der Waals surface area contributed by atoms with Crippen molar-refractivity contribution in [2.24, 2.45) is 0 Å². The molecule has 18 heteroatoms. The van der Waals surface area contributed by atoms with Gasteiger partial charge < -0.3 is 30.5 Å². The molecule has 1 aliphatic carbocycles. The molecule has 0 spiro atoms. The molecule has 49 heavy (non-hydrogen) atoms.